The highest BCUT2D eigenvalue weighted by molar-refractivity contribution is 5.26. The lowest BCUT2D eigenvalue weighted by Gasteiger charge is -2.33. The fraction of sp³-hybridized carbons (Fsp3) is 0.600. The van der Waals surface area contributed by atoms with Crippen LogP contribution in [0, 0.1) is 5.82 Å². The smallest absolute Gasteiger partial charge is 0.123 e. The molecule has 0 aromatic heterocycles. The summed E-state index contributed by atoms with van der Waals surface area (Å²) in [6.07, 6.45) is 0.461. The predicted octanol–water partition coefficient (Wildman–Crippen LogP) is 2.85. The Kier molecular flexibility index (Phi) is 5.29. The summed E-state index contributed by atoms with van der Waals surface area (Å²) in [5.74, 6) is -0.204. The van der Waals surface area contributed by atoms with E-state index in [0.717, 1.165) is 18.5 Å². The van der Waals surface area contributed by atoms with Crippen LogP contribution in [-0.2, 0) is 5.41 Å². The van der Waals surface area contributed by atoms with Crippen molar-refractivity contribution in [2.24, 2.45) is 0 Å². The number of nitrogens with one attached hydrogen (secondary N) is 1. The zero-order valence-electron chi connectivity index (χ0n) is 11.7. The van der Waals surface area contributed by atoms with Crippen molar-refractivity contribution in [3.05, 3.63) is 35.6 Å². The molecule has 0 bridgehead atoms. The van der Waals surface area contributed by atoms with Gasteiger partial charge in [-0.15, -0.1) is 0 Å². The zero-order valence-corrected chi connectivity index (χ0v) is 11.7. The van der Waals surface area contributed by atoms with Crippen molar-refractivity contribution >= 4 is 0 Å². The maximum absolute atomic E-state index is 12.9. The summed E-state index contributed by atoms with van der Waals surface area (Å²) < 4.78 is 12.9. The molecule has 0 fully saturated rings. The van der Waals surface area contributed by atoms with Gasteiger partial charge < -0.3 is 10.4 Å². The highest BCUT2D eigenvalue weighted by Gasteiger charge is 2.27. The molecule has 2 atom stereocenters. The zero-order chi connectivity index (χ0) is 13.8. The van der Waals surface area contributed by atoms with Gasteiger partial charge in [0.05, 0.1) is 6.10 Å². The number of aliphatic hydroxyl groups excluding tert-OH is 1. The predicted molar refractivity (Wildman–Crippen MR) is 73.2 cm³/mol. The van der Waals surface area contributed by atoms with Crippen molar-refractivity contribution in [1.29, 1.82) is 0 Å². The van der Waals surface area contributed by atoms with E-state index < -0.39 is 0 Å². The normalized spacial score (nSPS) is 15.4. The van der Waals surface area contributed by atoms with E-state index in [2.05, 4.69) is 26.1 Å². The summed E-state index contributed by atoms with van der Waals surface area (Å²) in [5, 5.41) is 12.6. The van der Waals surface area contributed by atoms with Gasteiger partial charge in [-0.1, -0.05) is 26.0 Å². The fourth-order valence-electron chi connectivity index (χ4n) is 1.89. The van der Waals surface area contributed by atoms with Crippen molar-refractivity contribution in [3.8, 4) is 0 Å². The Morgan fingerprint density at radius 3 is 2.28 bits per heavy atom. The summed E-state index contributed by atoms with van der Waals surface area (Å²) in [6, 6.07) is 6.92. The van der Waals surface area contributed by atoms with Crippen LogP contribution in [0.2, 0.25) is 0 Å². The van der Waals surface area contributed by atoms with E-state index in [1.807, 2.05) is 12.1 Å². The molecule has 1 aromatic rings. The molecule has 102 valence electrons. The van der Waals surface area contributed by atoms with Crippen molar-refractivity contribution in [2.45, 2.75) is 51.7 Å². The van der Waals surface area contributed by atoms with Gasteiger partial charge >= 0.3 is 0 Å². The highest BCUT2D eigenvalue weighted by Crippen LogP contribution is 2.27. The third kappa shape index (κ3) is 4.07. The molecule has 0 heterocycles. The Morgan fingerprint density at radius 2 is 1.78 bits per heavy atom. The van der Waals surface area contributed by atoms with E-state index in [4.69, 9.17) is 0 Å². The standard InChI is InChI=1S/C15H24FNO/c1-11(18)9-10-17-12(2)15(3,4)13-5-7-14(16)8-6-13/h5-8,11-12,17-18H,9-10H2,1-4H3/t11-,12+/m1/s1. The lowest BCUT2D eigenvalue weighted by Crippen LogP contribution is -2.43. The Hall–Kier alpha value is -0.930. The lowest BCUT2D eigenvalue weighted by atomic mass is 9.78. The van der Waals surface area contributed by atoms with Gasteiger partial charge in [0.1, 0.15) is 5.82 Å². The van der Waals surface area contributed by atoms with E-state index in [1.54, 1.807) is 6.92 Å². The number of hydrogen-bond acceptors (Lipinski definition) is 2. The van der Waals surface area contributed by atoms with Crippen molar-refractivity contribution in [2.75, 3.05) is 6.54 Å². The summed E-state index contributed by atoms with van der Waals surface area (Å²) in [5.41, 5.74) is 1.03. The van der Waals surface area contributed by atoms with Gasteiger partial charge in [-0.3, -0.25) is 0 Å². The molecule has 3 heteroatoms. The average Bonchev–Trinajstić information content (AvgIpc) is 2.28. The number of aliphatic hydroxyl groups is 1. The second-order valence-corrected chi connectivity index (χ2v) is 5.54. The molecule has 0 unspecified atom stereocenters. The molecule has 0 aliphatic carbocycles. The van der Waals surface area contributed by atoms with Gasteiger partial charge in [0.15, 0.2) is 0 Å². The summed E-state index contributed by atoms with van der Waals surface area (Å²) >= 11 is 0. The molecular weight excluding hydrogens is 229 g/mol. The molecule has 2 nitrogen and oxygen atoms in total. The fourth-order valence-corrected chi connectivity index (χ4v) is 1.89. The van der Waals surface area contributed by atoms with Gasteiger partial charge in [-0.2, -0.15) is 0 Å². The van der Waals surface area contributed by atoms with E-state index in [1.165, 1.54) is 12.1 Å². The number of benzene rings is 1. The number of halogens is 1. The van der Waals surface area contributed by atoms with E-state index in [0.29, 0.717) is 0 Å². The van der Waals surface area contributed by atoms with E-state index in [9.17, 15) is 9.50 Å². The SMILES string of the molecule is C[C@H](NCC[C@@H](C)O)C(C)(C)c1ccc(F)cc1. The van der Waals surface area contributed by atoms with Gasteiger partial charge in [-0.25, -0.2) is 4.39 Å². The molecule has 0 aliphatic rings. The molecule has 2 N–H and O–H groups in total. The first kappa shape index (κ1) is 15.1. The Balaban J connectivity index is 2.64. The molecule has 18 heavy (non-hydrogen) atoms. The first-order valence-corrected chi connectivity index (χ1v) is 6.51. The lowest BCUT2D eigenvalue weighted by molar-refractivity contribution is 0.180. The number of hydrogen-bond donors (Lipinski definition) is 2. The molecule has 1 aromatic carbocycles. The van der Waals surface area contributed by atoms with E-state index >= 15 is 0 Å². The minimum Gasteiger partial charge on any atom is -0.393 e. The summed E-state index contributed by atoms with van der Waals surface area (Å²) in [6.45, 7) is 8.97. The maximum Gasteiger partial charge on any atom is 0.123 e. The van der Waals surface area contributed by atoms with Crippen LogP contribution in [0.25, 0.3) is 0 Å². The summed E-state index contributed by atoms with van der Waals surface area (Å²) in [7, 11) is 0. The van der Waals surface area contributed by atoms with Gasteiger partial charge in [0.25, 0.3) is 0 Å². The third-order valence-corrected chi connectivity index (χ3v) is 3.68. The van der Waals surface area contributed by atoms with Crippen LogP contribution in [0.4, 0.5) is 4.39 Å². The molecule has 1 rings (SSSR count). The molecular formula is C15H24FNO. The van der Waals surface area contributed by atoms with Crippen molar-refractivity contribution in [1.82, 2.24) is 5.32 Å². The van der Waals surface area contributed by atoms with Gasteiger partial charge in [0.2, 0.25) is 0 Å². The quantitative estimate of drug-likeness (QED) is 0.817. The third-order valence-electron chi connectivity index (χ3n) is 3.68. The van der Waals surface area contributed by atoms with Crippen LogP contribution in [0.3, 0.4) is 0 Å². The molecule has 0 saturated heterocycles. The maximum atomic E-state index is 12.9. The second kappa shape index (κ2) is 6.30. The largest absolute Gasteiger partial charge is 0.393 e. The van der Waals surface area contributed by atoms with Crippen LogP contribution in [0.1, 0.15) is 39.7 Å². The van der Waals surface area contributed by atoms with E-state index in [-0.39, 0.29) is 23.4 Å². The molecule has 0 spiro atoms. The first-order valence-electron chi connectivity index (χ1n) is 6.51. The Morgan fingerprint density at radius 1 is 1.22 bits per heavy atom. The highest BCUT2D eigenvalue weighted by atomic mass is 19.1. The van der Waals surface area contributed by atoms with Crippen LogP contribution in [0.5, 0.6) is 0 Å². The van der Waals surface area contributed by atoms with Gasteiger partial charge in [-0.05, 0) is 44.5 Å². The minimum atomic E-state index is -0.279. The van der Waals surface area contributed by atoms with Crippen LogP contribution in [0.15, 0.2) is 24.3 Å². The molecule has 0 amide bonds. The Labute approximate surface area is 109 Å². The number of rotatable bonds is 6. The molecule has 0 aliphatic heterocycles. The monoisotopic (exact) mass is 253 g/mol. The Bertz CT molecular complexity index is 359. The topological polar surface area (TPSA) is 32.3 Å². The van der Waals surface area contributed by atoms with Gasteiger partial charge in [0, 0.05) is 11.5 Å². The van der Waals surface area contributed by atoms with Crippen molar-refractivity contribution in [3.63, 3.8) is 0 Å². The second-order valence-electron chi connectivity index (χ2n) is 5.54. The average molecular weight is 253 g/mol. The summed E-state index contributed by atoms with van der Waals surface area (Å²) in [4.78, 5) is 0. The first-order chi connectivity index (χ1) is 8.34. The van der Waals surface area contributed by atoms with Crippen LogP contribution in [-0.4, -0.2) is 23.8 Å². The molecule has 0 saturated carbocycles. The van der Waals surface area contributed by atoms with Crippen molar-refractivity contribution < 1.29 is 9.50 Å². The minimum absolute atomic E-state index is 0.0770. The van der Waals surface area contributed by atoms with Crippen LogP contribution < -0.4 is 5.32 Å². The van der Waals surface area contributed by atoms with Crippen LogP contribution >= 0.6 is 0 Å². The molecule has 0 radical (unpaired) electrons.